The fourth-order valence-corrected chi connectivity index (χ4v) is 4.81. The van der Waals surface area contributed by atoms with Crippen LogP contribution in [0.3, 0.4) is 0 Å². The van der Waals surface area contributed by atoms with E-state index < -0.39 is 5.92 Å². The Hall–Kier alpha value is -3.24. The summed E-state index contributed by atoms with van der Waals surface area (Å²) in [5.41, 5.74) is 8.53. The van der Waals surface area contributed by atoms with Crippen LogP contribution < -0.4 is 15.2 Å². The third-order valence-electron chi connectivity index (χ3n) is 5.75. The Labute approximate surface area is 189 Å². The Morgan fingerprint density at radius 3 is 2.48 bits per heavy atom. The lowest BCUT2D eigenvalue weighted by Gasteiger charge is -2.34. The molecule has 0 fully saturated rings. The fraction of sp³-hybridized carbons (Fsp3) is 0.250. The van der Waals surface area contributed by atoms with E-state index in [0.29, 0.717) is 45.7 Å². The van der Waals surface area contributed by atoms with Crippen LogP contribution in [0.2, 0.25) is 0 Å². The fourth-order valence-electron chi connectivity index (χ4n) is 4.29. The van der Waals surface area contributed by atoms with Gasteiger partial charge in [-0.3, -0.25) is 4.79 Å². The van der Waals surface area contributed by atoms with Crippen LogP contribution in [0.1, 0.15) is 35.8 Å². The van der Waals surface area contributed by atoms with E-state index in [1.807, 2.05) is 30.3 Å². The minimum atomic E-state index is -0.671. The van der Waals surface area contributed by atoms with Crippen LogP contribution in [-0.2, 0) is 9.53 Å². The van der Waals surface area contributed by atoms with Crippen molar-refractivity contribution in [3.8, 4) is 17.6 Å². The zero-order valence-corrected chi connectivity index (χ0v) is 18.7. The van der Waals surface area contributed by atoms with Crippen molar-refractivity contribution < 1.29 is 19.0 Å². The van der Waals surface area contributed by atoms with E-state index in [9.17, 15) is 10.1 Å². The molecule has 6 nitrogen and oxygen atoms in total. The van der Waals surface area contributed by atoms with Gasteiger partial charge in [-0.2, -0.15) is 5.26 Å². The van der Waals surface area contributed by atoms with Crippen molar-refractivity contribution in [2.45, 2.75) is 24.7 Å². The highest BCUT2D eigenvalue weighted by Gasteiger charge is 2.42. The predicted octanol–water partition coefficient (Wildman–Crippen LogP) is 4.67. The molecule has 2 aliphatic rings. The first-order valence-corrected chi connectivity index (χ1v) is 10.6. The molecule has 0 saturated carbocycles. The van der Waals surface area contributed by atoms with Crippen molar-refractivity contribution in [2.75, 3.05) is 14.2 Å². The molecule has 1 aliphatic carbocycles. The van der Waals surface area contributed by atoms with E-state index in [4.69, 9.17) is 19.9 Å². The molecule has 2 aromatic carbocycles. The van der Waals surface area contributed by atoms with E-state index in [1.165, 1.54) is 7.11 Å². The molecule has 7 heteroatoms. The number of methoxy groups -OCH3 is 2. The molecule has 0 amide bonds. The van der Waals surface area contributed by atoms with Gasteiger partial charge in [0.2, 0.25) is 5.88 Å². The summed E-state index contributed by atoms with van der Waals surface area (Å²) in [6.07, 6.45) is 0.863. The van der Waals surface area contributed by atoms with Gasteiger partial charge in [0.15, 0.2) is 5.78 Å². The number of rotatable bonds is 4. The normalized spacial score (nSPS) is 20.6. The molecule has 1 heterocycles. The Balaban J connectivity index is 1.86. The number of ketones is 1. The molecular weight excluding hydrogens is 460 g/mol. The van der Waals surface area contributed by atoms with Crippen molar-refractivity contribution in [1.82, 2.24) is 0 Å². The number of hydrogen-bond donors (Lipinski definition) is 1. The lowest BCUT2D eigenvalue weighted by molar-refractivity contribution is -0.117. The second-order valence-corrected chi connectivity index (χ2v) is 8.28. The maximum absolute atomic E-state index is 13.4. The van der Waals surface area contributed by atoms with Gasteiger partial charge in [-0.1, -0.05) is 30.3 Å². The predicted molar refractivity (Wildman–Crippen MR) is 118 cm³/mol. The van der Waals surface area contributed by atoms with Crippen molar-refractivity contribution in [3.05, 3.63) is 80.9 Å². The van der Waals surface area contributed by atoms with Crippen molar-refractivity contribution in [3.63, 3.8) is 0 Å². The van der Waals surface area contributed by atoms with Crippen LogP contribution in [0.4, 0.5) is 0 Å². The molecule has 0 radical (unpaired) electrons. The third-order valence-corrected chi connectivity index (χ3v) is 6.37. The van der Waals surface area contributed by atoms with Crippen molar-refractivity contribution >= 4 is 21.7 Å². The molecular formula is C24H21BrN2O4. The first-order chi connectivity index (χ1) is 15.0. The standard InChI is InChI=1S/C24H21BrN2O4/c1-29-19-11-20(30-2)17(25)10-15(19)22-16(12-26)24(27)31-21-9-14(8-18(28)23(21)22)13-6-4-3-5-7-13/h3-7,10-11,14,22H,8-9,27H2,1-2H3/t14-,22-/m0/s1. The number of Topliss-reactive ketones (excluding diaryl/α,β-unsaturated/α-hetero) is 1. The van der Waals surface area contributed by atoms with E-state index in [0.717, 1.165) is 5.56 Å². The molecule has 0 bridgehead atoms. The summed E-state index contributed by atoms with van der Waals surface area (Å²) >= 11 is 3.49. The second kappa shape index (κ2) is 8.48. The van der Waals surface area contributed by atoms with Gasteiger partial charge in [-0.05, 0) is 33.5 Å². The number of allylic oxidation sites excluding steroid dienone is 3. The molecule has 0 unspecified atom stereocenters. The highest BCUT2D eigenvalue weighted by atomic mass is 79.9. The van der Waals surface area contributed by atoms with Gasteiger partial charge >= 0.3 is 0 Å². The van der Waals surface area contributed by atoms with Crippen LogP contribution >= 0.6 is 15.9 Å². The van der Waals surface area contributed by atoms with E-state index >= 15 is 0 Å². The molecule has 4 rings (SSSR count). The van der Waals surface area contributed by atoms with Gasteiger partial charge in [-0.15, -0.1) is 0 Å². The molecule has 1 aliphatic heterocycles. The van der Waals surface area contributed by atoms with Crippen LogP contribution in [0.15, 0.2) is 69.7 Å². The SMILES string of the molecule is COc1cc(OC)c([C@H]2C(C#N)=C(N)OC3=C2C(=O)C[C@H](c2ccccc2)C3)cc1Br. The first kappa shape index (κ1) is 21.0. The lowest BCUT2D eigenvalue weighted by atomic mass is 9.73. The van der Waals surface area contributed by atoms with Crippen molar-refractivity contribution in [2.24, 2.45) is 5.73 Å². The minimum absolute atomic E-state index is 0.00552. The van der Waals surface area contributed by atoms with Crippen LogP contribution in [-0.4, -0.2) is 20.0 Å². The second-order valence-electron chi connectivity index (χ2n) is 7.43. The minimum Gasteiger partial charge on any atom is -0.496 e. The molecule has 0 saturated heterocycles. The van der Waals surface area contributed by atoms with Gasteiger partial charge in [0, 0.05) is 30.0 Å². The molecule has 0 aromatic heterocycles. The summed E-state index contributed by atoms with van der Waals surface area (Å²) in [5, 5.41) is 9.85. The average molecular weight is 481 g/mol. The summed E-state index contributed by atoms with van der Waals surface area (Å²) < 4.78 is 17.5. The summed E-state index contributed by atoms with van der Waals surface area (Å²) in [5.74, 6) is 0.870. The molecule has 2 aromatic rings. The molecule has 31 heavy (non-hydrogen) atoms. The quantitative estimate of drug-likeness (QED) is 0.682. The highest BCUT2D eigenvalue weighted by molar-refractivity contribution is 9.10. The van der Waals surface area contributed by atoms with Gasteiger partial charge in [-0.25, -0.2) is 0 Å². The van der Waals surface area contributed by atoms with Gasteiger partial charge < -0.3 is 19.9 Å². The zero-order chi connectivity index (χ0) is 22.1. The number of nitrogens with zero attached hydrogens (tertiary/aromatic N) is 1. The van der Waals surface area contributed by atoms with Gasteiger partial charge in [0.25, 0.3) is 0 Å². The molecule has 2 N–H and O–H groups in total. The Morgan fingerprint density at radius 2 is 1.84 bits per heavy atom. The van der Waals surface area contributed by atoms with Crippen LogP contribution in [0.5, 0.6) is 11.5 Å². The number of nitrogens with two attached hydrogens (primary N) is 1. The number of hydrogen-bond acceptors (Lipinski definition) is 6. The Kier molecular flexibility index (Phi) is 5.75. The summed E-state index contributed by atoms with van der Waals surface area (Å²) in [6, 6.07) is 15.5. The van der Waals surface area contributed by atoms with E-state index in [-0.39, 0.29) is 23.2 Å². The van der Waals surface area contributed by atoms with Gasteiger partial charge in [0.1, 0.15) is 28.9 Å². The number of halogens is 1. The number of carbonyl (C=O) groups excluding carboxylic acids is 1. The van der Waals surface area contributed by atoms with Gasteiger partial charge in [0.05, 0.1) is 24.6 Å². The average Bonchev–Trinajstić information content (AvgIpc) is 2.78. The van der Waals surface area contributed by atoms with Crippen LogP contribution in [0, 0.1) is 11.3 Å². The molecule has 158 valence electrons. The smallest absolute Gasteiger partial charge is 0.205 e. The number of benzene rings is 2. The summed E-state index contributed by atoms with van der Waals surface area (Å²) in [6.45, 7) is 0. The molecule has 0 spiro atoms. The largest absolute Gasteiger partial charge is 0.496 e. The van der Waals surface area contributed by atoms with Crippen LogP contribution in [0.25, 0.3) is 0 Å². The topological polar surface area (TPSA) is 94.6 Å². The summed E-state index contributed by atoms with van der Waals surface area (Å²) in [4.78, 5) is 13.4. The molecule has 2 atom stereocenters. The lowest BCUT2D eigenvalue weighted by Crippen LogP contribution is -2.30. The summed E-state index contributed by atoms with van der Waals surface area (Å²) in [7, 11) is 3.09. The Bertz CT molecular complexity index is 1150. The number of ether oxygens (including phenoxy) is 3. The maximum atomic E-state index is 13.4. The van der Waals surface area contributed by atoms with E-state index in [1.54, 1.807) is 19.2 Å². The first-order valence-electron chi connectivity index (χ1n) is 9.78. The van der Waals surface area contributed by atoms with E-state index in [2.05, 4.69) is 22.0 Å². The number of nitriles is 1. The zero-order valence-electron chi connectivity index (χ0n) is 17.1. The van der Waals surface area contributed by atoms with Crippen molar-refractivity contribution in [1.29, 1.82) is 5.26 Å². The monoisotopic (exact) mass is 480 g/mol. The maximum Gasteiger partial charge on any atom is 0.205 e. The third kappa shape index (κ3) is 3.68. The highest BCUT2D eigenvalue weighted by Crippen LogP contribution is 2.49. The number of carbonyl (C=O) groups is 1. The Morgan fingerprint density at radius 1 is 1.13 bits per heavy atom.